The van der Waals surface area contributed by atoms with Crippen LogP contribution in [0.4, 0.5) is 5.69 Å². The van der Waals surface area contributed by atoms with E-state index >= 15 is 0 Å². The van der Waals surface area contributed by atoms with Crippen LogP contribution in [0.2, 0.25) is 0 Å². The van der Waals surface area contributed by atoms with E-state index in [4.69, 9.17) is 14.2 Å². The molecular weight excluding hydrogens is 444 g/mol. The molecule has 3 aromatic carbocycles. The average Bonchev–Trinajstić information content (AvgIpc) is 2.83. The van der Waals surface area contributed by atoms with Crippen LogP contribution in [0.5, 0.6) is 17.2 Å². The molecule has 0 spiro atoms. The van der Waals surface area contributed by atoms with Gasteiger partial charge in [-0.3, -0.25) is 9.52 Å². The van der Waals surface area contributed by atoms with E-state index in [9.17, 15) is 13.2 Å². The van der Waals surface area contributed by atoms with Crippen molar-refractivity contribution in [3.63, 3.8) is 0 Å². The number of carbonyl (C=O) groups is 1. The molecule has 1 aliphatic rings. The van der Waals surface area contributed by atoms with Gasteiger partial charge in [-0.2, -0.15) is 0 Å². The number of benzene rings is 3. The van der Waals surface area contributed by atoms with Crippen LogP contribution in [0.15, 0.2) is 71.6 Å². The zero-order valence-electron chi connectivity index (χ0n) is 18.0. The number of hydrogen-bond donors (Lipinski definition) is 2. The minimum Gasteiger partial charge on any atom is -0.494 e. The fourth-order valence-corrected chi connectivity index (χ4v) is 4.42. The fraction of sp³-hybridized carbons (Fsp3) is 0.208. The topological polar surface area (TPSA) is 103 Å². The Balaban J connectivity index is 1.43. The molecule has 9 heteroatoms. The lowest BCUT2D eigenvalue weighted by Crippen LogP contribution is -2.24. The SMILES string of the molecule is CCOc1ccc(S(=O)(=O)Nc2cccc(C(=O)NCc3cccc4c3OCCO4)c2)cc1. The Labute approximate surface area is 192 Å². The standard InChI is InChI=1S/C24H24N2O6S/c1-2-30-20-9-11-21(12-10-20)33(28,29)26-19-7-3-5-17(15-19)24(27)25-16-18-6-4-8-22-23(18)32-14-13-31-22/h3-12,15,26H,2,13-14,16H2,1H3,(H,25,27). The molecule has 1 heterocycles. The van der Waals surface area contributed by atoms with Gasteiger partial charge in [-0.15, -0.1) is 0 Å². The highest BCUT2D eigenvalue weighted by Crippen LogP contribution is 2.33. The number of ether oxygens (including phenoxy) is 3. The number of nitrogens with one attached hydrogen (secondary N) is 2. The smallest absolute Gasteiger partial charge is 0.261 e. The summed E-state index contributed by atoms with van der Waals surface area (Å²) >= 11 is 0. The molecule has 0 aliphatic carbocycles. The van der Waals surface area contributed by atoms with Crippen LogP contribution in [0.25, 0.3) is 0 Å². The van der Waals surface area contributed by atoms with Gasteiger partial charge in [0.05, 0.1) is 11.5 Å². The first-order valence-corrected chi connectivity index (χ1v) is 12.0. The first-order valence-electron chi connectivity index (χ1n) is 10.5. The molecule has 0 radical (unpaired) electrons. The van der Waals surface area contributed by atoms with E-state index in [1.807, 2.05) is 25.1 Å². The van der Waals surface area contributed by atoms with E-state index in [0.29, 0.717) is 42.6 Å². The molecule has 1 aliphatic heterocycles. The number of carbonyl (C=O) groups excluding carboxylic acids is 1. The van der Waals surface area contributed by atoms with Crippen LogP contribution in [0, 0.1) is 0 Å². The van der Waals surface area contributed by atoms with Gasteiger partial charge in [0, 0.05) is 23.4 Å². The van der Waals surface area contributed by atoms with Crippen molar-refractivity contribution in [1.82, 2.24) is 5.32 Å². The second kappa shape index (κ2) is 9.83. The number of fused-ring (bicyclic) bond motifs is 1. The van der Waals surface area contributed by atoms with E-state index in [-0.39, 0.29) is 23.0 Å². The van der Waals surface area contributed by atoms with Crippen molar-refractivity contribution in [3.8, 4) is 17.2 Å². The van der Waals surface area contributed by atoms with Crippen LogP contribution in [0.1, 0.15) is 22.8 Å². The lowest BCUT2D eigenvalue weighted by atomic mass is 10.1. The van der Waals surface area contributed by atoms with Crippen molar-refractivity contribution in [3.05, 3.63) is 77.9 Å². The van der Waals surface area contributed by atoms with Crippen LogP contribution in [-0.2, 0) is 16.6 Å². The second-order valence-corrected chi connectivity index (χ2v) is 8.90. The Bertz CT molecular complexity index is 1240. The molecule has 0 atom stereocenters. The average molecular weight is 469 g/mol. The first kappa shape index (κ1) is 22.5. The molecule has 0 unspecified atom stereocenters. The quantitative estimate of drug-likeness (QED) is 0.524. The highest BCUT2D eigenvalue weighted by molar-refractivity contribution is 7.92. The van der Waals surface area contributed by atoms with Gasteiger partial charge in [0.25, 0.3) is 15.9 Å². The predicted molar refractivity (Wildman–Crippen MR) is 123 cm³/mol. The summed E-state index contributed by atoms with van der Waals surface area (Å²) in [5.41, 5.74) is 1.40. The van der Waals surface area contributed by atoms with Gasteiger partial charge in [-0.05, 0) is 55.5 Å². The predicted octanol–water partition coefficient (Wildman–Crippen LogP) is 3.59. The van der Waals surface area contributed by atoms with Gasteiger partial charge < -0.3 is 19.5 Å². The number of amides is 1. The summed E-state index contributed by atoms with van der Waals surface area (Å²) in [5, 5.41) is 2.84. The number of hydrogen-bond acceptors (Lipinski definition) is 6. The molecule has 0 aromatic heterocycles. The second-order valence-electron chi connectivity index (χ2n) is 7.21. The summed E-state index contributed by atoms with van der Waals surface area (Å²) in [4.78, 5) is 12.8. The minimum absolute atomic E-state index is 0.0943. The summed E-state index contributed by atoms with van der Waals surface area (Å²) in [5.74, 6) is 1.53. The van der Waals surface area contributed by atoms with Crippen molar-refractivity contribution >= 4 is 21.6 Å². The zero-order chi connectivity index (χ0) is 23.3. The lowest BCUT2D eigenvalue weighted by Gasteiger charge is -2.21. The van der Waals surface area contributed by atoms with Crippen LogP contribution >= 0.6 is 0 Å². The number of rotatable bonds is 8. The number of anilines is 1. The molecule has 1 amide bonds. The molecular formula is C24H24N2O6S. The van der Waals surface area contributed by atoms with E-state index in [1.54, 1.807) is 30.3 Å². The van der Waals surface area contributed by atoms with Gasteiger partial charge in [-0.25, -0.2) is 8.42 Å². The Hall–Kier alpha value is -3.72. The van der Waals surface area contributed by atoms with Crippen LogP contribution < -0.4 is 24.2 Å². The van der Waals surface area contributed by atoms with Gasteiger partial charge >= 0.3 is 0 Å². The molecule has 0 fully saturated rings. The molecule has 0 bridgehead atoms. The van der Waals surface area contributed by atoms with Crippen LogP contribution in [-0.4, -0.2) is 34.1 Å². The Kier molecular flexibility index (Phi) is 6.69. The Morgan fingerprint density at radius 3 is 2.55 bits per heavy atom. The third kappa shape index (κ3) is 5.38. The summed E-state index contributed by atoms with van der Waals surface area (Å²) in [6.07, 6.45) is 0. The van der Waals surface area contributed by atoms with Crippen molar-refractivity contribution in [2.45, 2.75) is 18.4 Å². The molecule has 8 nitrogen and oxygen atoms in total. The molecule has 3 aromatic rings. The summed E-state index contributed by atoms with van der Waals surface area (Å²) in [6.45, 7) is 3.53. The van der Waals surface area contributed by atoms with Crippen molar-refractivity contribution < 1.29 is 27.4 Å². The minimum atomic E-state index is -3.82. The molecule has 33 heavy (non-hydrogen) atoms. The molecule has 4 rings (SSSR count). The van der Waals surface area contributed by atoms with Gasteiger partial charge in [0.1, 0.15) is 19.0 Å². The first-order chi connectivity index (χ1) is 16.0. The van der Waals surface area contributed by atoms with E-state index in [1.165, 1.54) is 18.2 Å². The third-order valence-corrected chi connectivity index (χ3v) is 6.31. The normalized spacial score (nSPS) is 12.6. The van der Waals surface area contributed by atoms with E-state index < -0.39 is 10.0 Å². The number of sulfonamides is 1. The Morgan fingerprint density at radius 2 is 1.76 bits per heavy atom. The van der Waals surface area contributed by atoms with E-state index in [2.05, 4.69) is 10.0 Å². The fourth-order valence-electron chi connectivity index (χ4n) is 3.37. The molecule has 172 valence electrons. The maximum Gasteiger partial charge on any atom is 0.261 e. The molecule has 0 saturated heterocycles. The van der Waals surface area contributed by atoms with Crippen molar-refractivity contribution in [2.75, 3.05) is 24.5 Å². The van der Waals surface area contributed by atoms with Gasteiger partial charge in [0.2, 0.25) is 0 Å². The third-order valence-electron chi connectivity index (χ3n) is 4.91. The zero-order valence-corrected chi connectivity index (χ0v) is 18.9. The summed E-state index contributed by atoms with van der Waals surface area (Å²) in [7, 11) is -3.82. The maximum absolute atomic E-state index is 12.7. The number of para-hydroxylation sites is 1. The van der Waals surface area contributed by atoms with Gasteiger partial charge in [-0.1, -0.05) is 18.2 Å². The highest BCUT2D eigenvalue weighted by atomic mass is 32.2. The van der Waals surface area contributed by atoms with Crippen LogP contribution in [0.3, 0.4) is 0 Å². The maximum atomic E-state index is 12.7. The van der Waals surface area contributed by atoms with Crippen molar-refractivity contribution in [1.29, 1.82) is 0 Å². The summed E-state index contributed by atoms with van der Waals surface area (Å²) in [6, 6.07) is 17.9. The van der Waals surface area contributed by atoms with E-state index in [0.717, 1.165) is 5.56 Å². The highest BCUT2D eigenvalue weighted by Gasteiger charge is 2.18. The van der Waals surface area contributed by atoms with Gasteiger partial charge in [0.15, 0.2) is 11.5 Å². The molecule has 2 N–H and O–H groups in total. The van der Waals surface area contributed by atoms with Crippen molar-refractivity contribution in [2.24, 2.45) is 0 Å². The Morgan fingerprint density at radius 1 is 1.00 bits per heavy atom. The molecule has 0 saturated carbocycles. The summed E-state index contributed by atoms with van der Waals surface area (Å²) < 4.78 is 44.5. The lowest BCUT2D eigenvalue weighted by molar-refractivity contribution is 0.0950. The monoisotopic (exact) mass is 468 g/mol. The largest absolute Gasteiger partial charge is 0.494 e.